The summed E-state index contributed by atoms with van der Waals surface area (Å²) in [5.41, 5.74) is 4.39. The van der Waals surface area contributed by atoms with Crippen LogP contribution in [0, 0.1) is 0 Å². The number of nitrogens with one attached hydrogen (secondary N) is 2. The Labute approximate surface area is 89.1 Å². The van der Waals surface area contributed by atoms with Crippen LogP contribution in [0.5, 0.6) is 0 Å². The maximum absolute atomic E-state index is 5.15. The van der Waals surface area contributed by atoms with Gasteiger partial charge >= 0.3 is 0 Å². The summed E-state index contributed by atoms with van der Waals surface area (Å²) in [5, 5.41) is 3.36. The van der Waals surface area contributed by atoms with Gasteiger partial charge in [-0.3, -0.25) is 0 Å². The van der Waals surface area contributed by atoms with E-state index in [2.05, 4.69) is 10.7 Å². The van der Waals surface area contributed by atoms with Crippen molar-refractivity contribution < 1.29 is 0 Å². The van der Waals surface area contributed by atoms with Crippen molar-refractivity contribution in [2.24, 2.45) is 5.84 Å². The van der Waals surface area contributed by atoms with Crippen molar-refractivity contribution in [3.63, 3.8) is 0 Å². The van der Waals surface area contributed by atoms with Gasteiger partial charge in [0, 0.05) is 25.5 Å². The maximum atomic E-state index is 5.15. The molecule has 5 heteroatoms. The maximum Gasteiger partial charge on any atom is 0.185 e. The van der Waals surface area contributed by atoms with Gasteiger partial charge in [0.15, 0.2) is 5.11 Å². The van der Waals surface area contributed by atoms with Crippen molar-refractivity contribution in [1.29, 1.82) is 0 Å². The Kier molecular flexibility index (Phi) is 3.67. The van der Waals surface area contributed by atoms with Crippen LogP contribution in [-0.4, -0.2) is 19.2 Å². The lowest BCUT2D eigenvalue weighted by Crippen LogP contribution is -2.34. The Morgan fingerprint density at radius 1 is 1.43 bits per heavy atom. The Morgan fingerprint density at radius 3 is 2.71 bits per heavy atom. The van der Waals surface area contributed by atoms with E-state index >= 15 is 0 Å². The fraction of sp³-hybridized carbons (Fsp3) is 0.222. The Bertz CT molecular complexity index is 324. The van der Waals surface area contributed by atoms with Gasteiger partial charge < -0.3 is 15.6 Å². The van der Waals surface area contributed by atoms with Crippen LogP contribution in [0.4, 0.5) is 11.4 Å². The average molecular weight is 210 g/mol. The lowest BCUT2D eigenvalue weighted by atomic mass is 10.2. The highest BCUT2D eigenvalue weighted by molar-refractivity contribution is 7.80. The molecule has 0 aromatic heterocycles. The molecule has 0 spiro atoms. The highest BCUT2D eigenvalue weighted by atomic mass is 32.1. The molecule has 1 aromatic carbocycles. The number of anilines is 2. The SMILES string of the molecule is CN(C)c1cccc(NC(=S)NN)c1. The molecule has 0 saturated carbocycles. The van der Waals surface area contributed by atoms with Crippen molar-refractivity contribution in [3.05, 3.63) is 24.3 Å². The molecule has 1 aromatic rings. The van der Waals surface area contributed by atoms with Crippen LogP contribution in [0.15, 0.2) is 24.3 Å². The molecule has 4 nitrogen and oxygen atoms in total. The number of thiocarbonyl (C=S) groups is 1. The second kappa shape index (κ2) is 4.78. The minimum absolute atomic E-state index is 0.404. The third-order valence-corrected chi connectivity index (χ3v) is 1.97. The van der Waals surface area contributed by atoms with E-state index in [-0.39, 0.29) is 0 Å². The van der Waals surface area contributed by atoms with E-state index in [4.69, 9.17) is 18.1 Å². The molecule has 0 heterocycles. The van der Waals surface area contributed by atoms with Crippen molar-refractivity contribution in [2.45, 2.75) is 0 Å². The van der Waals surface area contributed by atoms with Crippen LogP contribution in [0.3, 0.4) is 0 Å². The van der Waals surface area contributed by atoms with Gasteiger partial charge in [0.2, 0.25) is 0 Å². The summed E-state index contributed by atoms with van der Waals surface area (Å²) in [6, 6.07) is 7.89. The summed E-state index contributed by atoms with van der Waals surface area (Å²) < 4.78 is 0. The lowest BCUT2D eigenvalue weighted by Gasteiger charge is -2.14. The highest BCUT2D eigenvalue weighted by Crippen LogP contribution is 2.16. The predicted octanol–water partition coefficient (Wildman–Crippen LogP) is 0.913. The third-order valence-electron chi connectivity index (χ3n) is 1.75. The molecule has 1 rings (SSSR count). The van der Waals surface area contributed by atoms with E-state index in [0.29, 0.717) is 5.11 Å². The molecule has 14 heavy (non-hydrogen) atoms. The van der Waals surface area contributed by atoms with Crippen molar-refractivity contribution in [2.75, 3.05) is 24.3 Å². The summed E-state index contributed by atoms with van der Waals surface area (Å²) in [4.78, 5) is 2.02. The van der Waals surface area contributed by atoms with Gasteiger partial charge in [-0.15, -0.1) is 0 Å². The number of hydrogen-bond donors (Lipinski definition) is 3. The molecule has 0 atom stereocenters. The standard InChI is InChI=1S/C9H14N4S/c1-13(2)8-5-3-4-7(6-8)11-9(14)12-10/h3-6H,10H2,1-2H3,(H2,11,12,14). The molecule has 0 unspecified atom stereocenters. The number of hydrogen-bond acceptors (Lipinski definition) is 3. The molecule has 76 valence electrons. The van der Waals surface area contributed by atoms with E-state index in [1.165, 1.54) is 0 Å². The van der Waals surface area contributed by atoms with Gasteiger partial charge in [0.1, 0.15) is 0 Å². The van der Waals surface area contributed by atoms with E-state index in [1.54, 1.807) is 0 Å². The van der Waals surface area contributed by atoms with Gasteiger partial charge in [0.05, 0.1) is 0 Å². The van der Waals surface area contributed by atoms with Crippen molar-refractivity contribution in [1.82, 2.24) is 5.43 Å². The van der Waals surface area contributed by atoms with Crippen LogP contribution in [0.25, 0.3) is 0 Å². The fourth-order valence-electron chi connectivity index (χ4n) is 1.03. The van der Waals surface area contributed by atoms with E-state index < -0.39 is 0 Å². The first kappa shape index (κ1) is 10.7. The van der Waals surface area contributed by atoms with E-state index in [9.17, 15) is 0 Å². The first-order valence-electron chi connectivity index (χ1n) is 4.18. The molecule has 0 bridgehead atoms. The van der Waals surface area contributed by atoms with Gasteiger partial charge in [-0.05, 0) is 30.4 Å². The number of nitrogens with zero attached hydrogens (tertiary/aromatic N) is 1. The van der Waals surface area contributed by atoms with E-state index in [1.807, 2.05) is 43.3 Å². The molecule has 0 amide bonds. The lowest BCUT2D eigenvalue weighted by molar-refractivity contribution is 1.04. The Balaban J connectivity index is 2.78. The molecule has 0 aliphatic heterocycles. The zero-order valence-electron chi connectivity index (χ0n) is 8.24. The Hall–Kier alpha value is -1.33. The Morgan fingerprint density at radius 2 is 2.14 bits per heavy atom. The molecular formula is C9H14N4S. The van der Waals surface area contributed by atoms with Crippen LogP contribution in [-0.2, 0) is 0 Å². The van der Waals surface area contributed by atoms with Crippen molar-refractivity contribution >= 4 is 28.7 Å². The van der Waals surface area contributed by atoms with Gasteiger partial charge in [-0.2, -0.15) is 0 Å². The zero-order chi connectivity index (χ0) is 10.6. The zero-order valence-corrected chi connectivity index (χ0v) is 9.06. The molecule has 0 radical (unpaired) electrons. The topological polar surface area (TPSA) is 53.3 Å². The largest absolute Gasteiger partial charge is 0.378 e. The van der Waals surface area contributed by atoms with Crippen LogP contribution >= 0.6 is 12.2 Å². The monoisotopic (exact) mass is 210 g/mol. The summed E-state index contributed by atoms with van der Waals surface area (Å²) in [6.45, 7) is 0. The normalized spacial score (nSPS) is 9.36. The average Bonchev–Trinajstić information content (AvgIpc) is 2.18. The number of hydrazine groups is 1. The van der Waals surface area contributed by atoms with Gasteiger partial charge in [-0.1, -0.05) is 6.07 Å². The summed E-state index contributed by atoms with van der Waals surface area (Å²) in [5.74, 6) is 5.15. The van der Waals surface area contributed by atoms with Crippen LogP contribution < -0.4 is 21.5 Å². The molecule has 0 fully saturated rings. The summed E-state index contributed by atoms with van der Waals surface area (Å²) in [6.07, 6.45) is 0. The first-order valence-corrected chi connectivity index (χ1v) is 4.59. The predicted molar refractivity (Wildman–Crippen MR) is 64.3 cm³/mol. The second-order valence-electron chi connectivity index (χ2n) is 3.04. The molecule has 0 aliphatic carbocycles. The second-order valence-corrected chi connectivity index (χ2v) is 3.45. The summed E-state index contributed by atoms with van der Waals surface area (Å²) >= 11 is 4.89. The highest BCUT2D eigenvalue weighted by Gasteiger charge is 1.98. The van der Waals surface area contributed by atoms with E-state index in [0.717, 1.165) is 11.4 Å². The molecule has 4 N–H and O–H groups in total. The minimum Gasteiger partial charge on any atom is -0.378 e. The molecule has 0 saturated heterocycles. The molecule has 0 aliphatic rings. The van der Waals surface area contributed by atoms with Gasteiger partial charge in [0.25, 0.3) is 0 Å². The smallest absolute Gasteiger partial charge is 0.185 e. The number of rotatable bonds is 2. The quantitative estimate of drug-likeness (QED) is 0.385. The third kappa shape index (κ3) is 2.86. The van der Waals surface area contributed by atoms with Crippen molar-refractivity contribution in [3.8, 4) is 0 Å². The van der Waals surface area contributed by atoms with Crippen LogP contribution in [0.1, 0.15) is 0 Å². The number of benzene rings is 1. The number of nitrogens with two attached hydrogens (primary N) is 1. The molecular weight excluding hydrogens is 196 g/mol. The first-order chi connectivity index (χ1) is 6.63. The summed E-state index contributed by atoms with van der Waals surface area (Å²) in [7, 11) is 3.97. The minimum atomic E-state index is 0.404. The fourth-order valence-corrected chi connectivity index (χ4v) is 1.15. The van der Waals surface area contributed by atoms with Gasteiger partial charge in [-0.25, -0.2) is 5.84 Å². The van der Waals surface area contributed by atoms with Crippen LogP contribution in [0.2, 0.25) is 0 Å².